The van der Waals surface area contributed by atoms with Gasteiger partial charge in [-0.2, -0.15) is 0 Å². The van der Waals surface area contributed by atoms with Crippen molar-refractivity contribution in [3.8, 4) is 0 Å². The van der Waals surface area contributed by atoms with Gasteiger partial charge in [0, 0.05) is 33.0 Å². The first-order valence-corrected chi connectivity index (χ1v) is 6.56. The number of methoxy groups -OCH3 is 1. The van der Waals surface area contributed by atoms with Gasteiger partial charge in [0.2, 0.25) is 0 Å². The van der Waals surface area contributed by atoms with E-state index in [4.69, 9.17) is 9.47 Å². The smallest absolute Gasteiger partial charge is 0.0487 e. The minimum atomic E-state index is 0.632. The van der Waals surface area contributed by atoms with E-state index in [1.807, 2.05) is 0 Å². The van der Waals surface area contributed by atoms with E-state index in [2.05, 4.69) is 26.1 Å². The van der Waals surface area contributed by atoms with Gasteiger partial charge in [0.05, 0.1) is 0 Å². The summed E-state index contributed by atoms with van der Waals surface area (Å²) in [5, 5.41) is 3.52. The molecule has 0 aromatic carbocycles. The minimum Gasteiger partial charge on any atom is -0.385 e. The third-order valence-corrected chi connectivity index (χ3v) is 2.95. The summed E-state index contributed by atoms with van der Waals surface area (Å²) in [6.07, 6.45) is 3.33. The fourth-order valence-electron chi connectivity index (χ4n) is 1.89. The molecule has 0 bridgehead atoms. The van der Waals surface area contributed by atoms with Crippen LogP contribution in [0.2, 0.25) is 0 Å². The number of rotatable bonds is 11. The minimum absolute atomic E-state index is 0.632. The standard InChI is InChI=1S/C13H29NO2/c1-5-13(14-6-2)12(3)8-11-16-10-7-9-15-4/h12-14H,5-11H2,1-4H3. The van der Waals surface area contributed by atoms with E-state index in [1.165, 1.54) is 6.42 Å². The Hall–Kier alpha value is -0.120. The molecule has 1 N–H and O–H groups in total. The molecule has 0 saturated heterocycles. The molecule has 0 saturated carbocycles. The van der Waals surface area contributed by atoms with E-state index in [0.29, 0.717) is 12.0 Å². The van der Waals surface area contributed by atoms with Crippen molar-refractivity contribution in [2.75, 3.05) is 33.5 Å². The van der Waals surface area contributed by atoms with Crippen LogP contribution in [0.1, 0.15) is 40.0 Å². The zero-order chi connectivity index (χ0) is 12.2. The summed E-state index contributed by atoms with van der Waals surface area (Å²) in [6, 6.07) is 0.632. The highest BCUT2D eigenvalue weighted by Gasteiger charge is 2.13. The summed E-state index contributed by atoms with van der Waals surface area (Å²) in [7, 11) is 1.73. The van der Waals surface area contributed by atoms with Crippen molar-refractivity contribution in [1.29, 1.82) is 0 Å². The molecule has 0 aromatic heterocycles. The third-order valence-electron chi connectivity index (χ3n) is 2.95. The van der Waals surface area contributed by atoms with Gasteiger partial charge in [-0.3, -0.25) is 0 Å². The molecule has 0 spiro atoms. The maximum atomic E-state index is 5.57. The summed E-state index contributed by atoms with van der Waals surface area (Å²) >= 11 is 0. The predicted molar refractivity (Wildman–Crippen MR) is 68.8 cm³/mol. The molecule has 2 atom stereocenters. The van der Waals surface area contributed by atoms with Gasteiger partial charge in [-0.25, -0.2) is 0 Å². The van der Waals surface area contributed by atoms with E-state index >= 15 is 0 Å². The first-order chi connectivity index (χ1) is 7.76. The topological polar surface area (TPSA) is 30.5 Å². The highest BCUT2D eigenvalue weighted by Crippen LogP contribution is 2.11. The summed E-state index contributed by atoms with van der Waals surface area (Å²) < 4.78 is 10.5. The zero-order valence-corrected chi connectivity index (χ0v) is 11.4. The van der Waals surface area contributed by atoms with Crippen molar-refractivity contribution in [2.45, 2.75) is 46.1 Å². The number of hydrogen-bond donors (Lipinski definition) is 1. The molecule has 0 rings (SSSR count). The lowest BCUT2D eigenvalue weighted by Crippen LogP contribution is -2.34. The monoisotopic (exact) mass is 231 g/mol. The maximum absolute atomic E-state index is 5.57. The zero-order valence-electron chi connectivity index (χ0n) is 11.4. The fourth-order valence-corrected chi connectivity index (χ4v) is 1.89. The lowest BCUT2D eigenvalue weighted by molar-refractivity contribution is 0.0914. The Morgan fingerprint density at radius 1 is 1.12 bits per heavy atom. The van der Waals surface area contributed by atoms with Gasteiger partial charge >= 0.3 is 0 Å². The first kappa shape index (κ1) is 15.9. The maximum Gasteiger partial charge on any atom is 0.0487 e. The molecule has 0 aliphatic heterocycles. The average Bonchev–Trinajstić information content (AvgIpc) is 2.30. The number of hydrogen-bond acceptors (Lipinski definition) is 3. The average molecular weight is 231 g/mol. The van der Waals surface area contributed by atoms with Crippen LogP contribution in [0.5, 0.6) is 0 Å². The van der Waals surface area contributed by atoms with Crippen molar-refractivity contribution >= 4 is 0 Å². The van der Waals surface area contributed by atoms with Crippen LogP contribution in [-0.4, -0.2) is 39.5 Å². The molecule has 98 valence electrons. The summed E-state index contributed by atoms with van der Waals surface area (Å²) in [4.78, 5) is 0. The van der Waals surface area contributed by atoms with Gasteiger partial charge in [-0.15, -0.1) is 0 Å². The van der Waals surface area contributed by atoms with Gasteiger partial charge in [-0.05, 0) is 31.7 Å². The Kier molecular flexibility index (Phi) is 11.3. The normalized spacial score (nSPS) is 15.0. The fraction of sp³-hybridized carbons (Fsp3) is 1.00. The van der Waals surface area contributed by atoms with E-state index in [-0.39, 0.29) is 0 Å². The van der Waals surface area contributed by atoms with Gasteiger partial charge < -0.3 is 14.8 Å². The molecule has 0 aromatic rings. The molecule has 0 heterocycles. The highest BCUT2D eigenvalue weighted by atomic mass is 16.5. The highest BCUT2D eigenvalue weighted by molar-refractivity contribution is 4.70. The summed E-state index contributed by atoms with van der Waals surface area (Å²) in [6.45, 7) is 10.2. The second-order valence-corrected chi connectivity index (χ2v) is 4.30. The number of ether oxygens (including phenoxy) is 2. The van der Waals surface area contributed by atoms with E-state index < -0.39 is 0 Å². The Morgan fingerprint density at radius 2 is 1.88 bits per heavy atom. The Labute approximate surface area is 101 Å². The summed E-state index contributed by atoms with van der Waals surface area (Å²) in [5.74, 6) is 0.687. The van der Waals surface area contributed by atoms with Crippen LogP contribution in [0.25, 0.3) is 0 Å². The van der Waals surface area contributed by atoms with Crippen molar-refractivity contribution in [1.82, 2.24) is 5.32 Å². The van der Waals surface area contributed by atoms with Crippen molar-refractivity contribution in [3.63, 3.8) is 0 Å². The van der Waals surface area contributed by atoms with Crippen LogP contribution in [0.4, 0.5) is 0 Å². The molecule has 0 amide bonds. The number of nitrogens with one attached hydrogen (secondary N) is 1. The molecular formula is C13H29NO2. The molecule has 0 fully saturated rings. The van der Waals surface area contributed by atoms with Crippen molar-refractivity contribution in [2.24, 2.45) is 5.92 Å². The molecule has 0 aliphatic carbocycles. The SMILES string of the molecule is CCNC(CC)C(C)CCOCCCOC. The second kappa shape index (κ2) is 11.4. The molecule has 3 heteroatoms. The predicted octanol–water partition coefficient (Wildman–Crippen LogP) is 2.45. The lowest BCUT2D eigenvalue weighted by Gasteiger charge is -2.23. The quantitative estimate of drug-likeness (QED) is 0.554. The second-order valence-electron chi connectivity index (χ2n) is 4.30. The molecular weight excluding hydrogens is 202 g/mol. The third kappa shape index (κ3) is 8.08. The van der Waals surface area contributed by atoms with Crippen LogP contribution in [0, 0.1) is 5.92 Å². The van der Waals surface area contributed by atoms with Gasteiger partial charge in [0.1, 0.15) is 0 Å². The van der Waals surface area contributed by atoms with Crippen LogP contribution >= 0.6 is 0 Å². The Balaban J connectivity index is 3.43. The summed E-state index contributed by atoms with van der Waals surface area (Å²) in [5.41, 5.74) is 0. The van der Waals surface area contributed by atoms with E-state index in [0.717, 1.165) is 39.2 Å². The lowest BCUT2D eigenvalue weighted by atomic mass is 9.96. The van der Waals surface area contributed by atoms with E-state index in [9.17, 15) is 0 Å². The Bertz CT molecular complexity index is 142. The van der Waals surface area contributed by atoms with Crippen molar-refractivity contribution < 1.29 is 9.47 Å². The van der Waals surface area contributed by atoms with Gasteiger partial charge in [-0.1, -0.05) is 20.8 Å². The van der Waals surface area contributed by atoms with Gasteiger partial charge in [0.15, 0.2) is 0 Å². The largest absolute Gasteiger partial charge is 0.385 e. The van der Waals surface area contributed by atoms with Crippen LogP contribution in [0.3, 0.4) is 0 Å². The van der Waals surface area contributed by atoms with Gasteiger partial charge in [0.25, 0.3) is 0 Å². The van der Waals surface area contributed by atoms with Crippen LogP contribution < -0.4 is 5.32 Å². The van der Waals surface area contributed by atoms with Crippen LogP contribution in [-0.2, 0) is 9.47 Å². The molecule has 0 radical (unpaired) electrons. The molecule has 0 aliphatic rings. The van der Waals surface area contributed by atoms with E-state index in [1.54, 1.807) is 7.11 Å². The molecule has 3 nitrogen and oxygen atoms in total. The van der Waals surface area contributed by atoms with Crippen LogP contribution in [0.15, 0.2) is 0 Å². The first-order valence-electron chi connectivity index (χ1n) is 6.56. The Morgan fingerprint density at radius 3 is 2.44 bits per heavy atom. The molecule has 16 heavy (non-hydrogen) atoms. The molecule has 2 unspecified atom stereocenters. The van der Waals surface area contributed by atoms with Crippen molar-refractivity contribution in [3.05, 3.63) is 0 Å².